The maximum Gasteiger partial charge on any atom is 0.251 e. The summed E-state index contributed by atoms with van der Waals surface area (Å²) in [7, 11) is 3.08. The number of amides is 2. The molecule has 0 radical (unpaired) electrons. The highest BCUT2D eigenvalue weighted by molar-refractivity contribution is 5.86. The van der Waals surface area contributed by atoms with Crippen molar-refractivity contribution >= 4 is 11.8 Å². The number of nitrogens with one attached hydrogen (secondary N) is 2. The molecule has 7 nitrogen and oxygen atoms in total. The van der Waals surface area contributed by atoms with Crippen LogP contribution in [-0.4, -0.2) is 38.7 Å². The van der Waals surface area contributed by atoms with Crippen molar-refractivity contribution in [3.63, 3.8) is 0 Å². The largest absolute Gasteiger partial charge is 0.493 e. The van der Waals surface area contributed by atoms with Gasteiger partial charge in [-0.15, -0.1) is 0 Å². The molecule has 0 bridgehead atoms. The van der Waals surface area contributed by atoms with Crippen molar-refractivity contribution in [3.8, 4) is 11.5 Å². The van der Waals surface area contributed by atoms with E-state index in [2.05, 4.69) is 10.6 Å². The van der Waals surface area contributed by atoms with Crippen LogP contribution >= 0.6 is 0 Å². The molecule has 2 atom stereocenters. The Morgan fingerprint density at radius 1 is 1.10 bits per heavy atom. The number of carbonyl (C=O) groups excluding carboxylic acids is 2. The highest BCUT2D eigenvalue weighted by atomic mass is 16.5. The lowest BCUT2D eigenvalue weighted by Gasteiger charge is -2.32. The van der Waals surface area contributed by atoms with Gasteiger partial charge in [0.1, 0.15) is 6.61 Å². The van der Waals surface area contributed by atoms with Gasteiger partial charge in [-0.25, -0.2) is 0 Å². The Balaban J connectivity index is 1.77. The first kappa shape index (κ1) is 20.7. The van der Waals surface area contributed by atoms with Crippen molar-refractivity contribution in [1.82, 2.24) is 10.6 Å². The van der Waals surface area contributed by atoms with Gasteiger partial charge in [-0.05, 0) is 48.2 Å². The van der Waals surface area contributed by atoms with Gasteiger partial charge in [0.2, 0.25) is 5.91 Å². The number of rotatable bonds is 6. The smallest absolute Gasteiger partial charge is 0.251 e. The Hall–Kier alpha value is -3.06. The molecular formula is C22H26N2O5. The van der Waals surface area contributed by atoms with Crippen LogP contribution < -0.4 is 20.1 Å². The molecule has 0 saturated carbocycles. The minimum absolute atomic E-state index is 0.161. The van der Waals surface area contributed by atoms with Gasteiger partial charge in [-0.1, -0.05) is 24.3 Å². The Bertz CT molecular complexity index is 912. The molecule has 1 heterocycles. The van der Waals surface area contributed by atoms with Crippen molar-refractivity contribution in [2.45, 2.75) is 32.5 Å². The molecule has 2 aromatic rings. The monoisotopic (exact) mass is 398 g/mol. The Labute approximate surface area is 170 Å². The van der Waals surface area contributed by atoms with Crippen LogP contribution in [-0.2, 0) is 20.9 Å². The fourth-order valence-electron chi connectivity index (χ4n) is 3.29. The number of aryl methyl sites for hydroxylation is 2. The molecule has 2 amide bonds. The molecule has 154 valence electrons. The van der Waals surface area contributed by atoms with E-state index in [1.807, 2.05) is 32.0 Å². The van der Waals surface area contributed by atoms with Crippen LogP contribution in [0.25, 0.3) is 0 Å². The SMILES string of the molecule is COc1ccc([C@H]2NC(=O)CO[C@@H]2C(=O)NCc2ccc(C)c(C)c2)cc1OC. The number of benzene rings is 2. The summed E-state index contributed by atoms with van der Waals surface area (Å²) in [5.41, 5.74) is 4.07. The lowest BCUT2D eigenvalue weighted by molar-refractivity contribution is -0.148. The molecule has 3 rings (SSSR count). The number of hydrogen-bond acceptors (Lipinski definition) is 5. The zero-order chi connectivity index (χ0) is 21.0. The standard InChI is InChI=1S/C22H26N2O5/c1-13-5-6-15(9-14(13)2)11-23-22(26)21-20(24-19(25)12-29-21)16-7-8-17(27-3)18(10-16)28-4/h5-10,20-21H,11-12H2,1-4H3,(H,23,26)(H,24,25)/t20-,21+/m1/s1. The van der Waals surface area contributed by atoms with Crippen molar-refractivity contribution in [2.24, 2.45) is 0 Å². The molecule has 0 unspecified atom stereocenters. The van der Waals surface area contributed by atoms with Crippen LogP contribution in [0.5, 0.6) is 11.5 Å². The molecule has 1 aliphatic heterocycles. The number of methoxy groups -OCH3 is 2. The summed E-state index contributed by atoms with van der Waals surface area (Å²) in [6.07, 6.45) is -0.850. The Morgan fingerprint density at radius 3 is 2.55 bits per heavy atom. The predicted octanol–water partition coefficient (Wildman–Crippen LogP) is 2.19. The zero-order valence-corrected chi connectivity index (χ0v) is 17.1. The Kier molecular flexibility index (Phi) is 6.39. The molecule has 2 aromatic carbocycles. The van der Waals surface area contributed by atoms with Gasteiger partial charge in [-0.2, -0.15) is 0 Å². The second-order valence-electron chi connectivity index (χ2n) is 7.03. The van der Waals surface area contributed by atoms with Gasteiger partial charge in [0.15, 0.2) is 17.6 Å². The average Bonchev–Trinajstić information content (AvgIpc) is 2.73. The molecule has 2 N–H and O–H groups in total. The van der Waals surface area contributed by atoms with E-state index in [-0.39, 0.29) is 18.4 Å². The van der Waals surface area contributed by atoms with Crippen LogP contribution in [0, 0.1) is 13.8 Å². The fourth-order valence-corrected chi connectivity index (χ4v) is 3.29. The third-order valence-corrected chi connectivity index (χ3v) is 5.08. The molecule has 0 aliphatic carbocycles. The van der Waals surface area contributed by atoms with Gasteiger partial charge in [0.25, 0.3) is 5.91 Å². The summed E-state index contributed by atoms with van der Waals surface area (Å²) >= 11 is 0. The Morgan fingerprint density at radius 2 is 1.86 bits per heavy atom. The minimum atomic E-state index is -0.850. The number of hydrogen-bond donors (Lipinski definition) is 2. The van der Waals surface area contributed by atoms with Gasteiger partial charge in [-0.3, -0.25) is 9.59 Å². The highest BCUT2D eigenvalue weighted by Gasteiger charge is 2.36. The summed E-state index contributed by atoms with van der Waals surface area (Å²) in [4.78, 5) is 24.8. The second kappa shape index (κ2) is 8.96. The molecule has 1 aliphatic rings. The first-order chi connectivity index (χ1) is 13.9. The van der Waals surface area contributed by atoms with E-state index in [1.54, 1.807) is 25.3 Å². The quantitative estimate of drug-likeness (QED) is 0.779. The summed E-state index contributed by atoms with van der Waals surface area (Å²) in [6, 6.07) is 10.7. The maximum atomic E-state index is 12.8. The second-order valence-corrected chi connectivity index (χ2v) is 7.03. The summed E-state index contributed by atoms with van der Waals surface area (Å²) in [5.74, 6) is 0.514. The summed E-state index contributed by atoms with van der Waals surface area (Å²) < 4.78 is 16.2. The van der Waals surface area contributed by atoms with Crippen LogP contribution in [0.15, 0.2) is 36.4 Å². The van der Waals surface area contributed by atoms with E-state index in [0.29, 0.717) is 23.6 Å². The van der Waals surface area contributed by atoms with Crippen LogP contribution in [0.3, 0.4) is 0 Å². The maximum absolute atomic E-state index is 12.8. The van der Waals surface area contributed by atoms with E-state index in [1.165, 1.54) is 18.2 Å². The normalized spacial score (nSPS) is 18.7. The summed E-state index contributed by atoms with van der Waals surface area (Å²) in [6.45, 7) is 4.30. The van der Waals surface area contributed by atoms with Gasteiger partial charge >= 0.3 is 0 Å². The van der Waals surface area contributed by atoms with Gasteiger partial charge in [0, 0.05) is 6.54 Å². The first-order valence-electron chi connectivity index (χ1n) is 9.39. The zero-order valence-electron chi connectivity index (χ0n) is 17.1. The van der Waals surface area contributed by atoms with E-state index in [4.69, 9.17) is 14.2 Å². The lowest BCUT2D eigenvalue weighted by atomic mass is 9.98. The van der Waals surface area contributed by atoms with Crippen molar-refractivity contribution in [1.29, 1.82) is 0 Å². The van der Waals surface area contributed by atoms with Crippen molar-refractivity contribution < 1.29 is 23.8 Å². The number of morpholine rings is 1. The third-order valence-electron chi connectivity index (χ3n) is 5.08. The molecule has 1 fully saturated rings. The van der Waals surface area contributed by atoms with E-state index in [9.17, 15) is 9.59 Å². The van der Waals surface area contributed by atoms with E-state index in [0.717, 1.165) is 5.56 Å². The topological polar surface area (TPSA) is 85.9 Å². The predicted molar refractivity (Wildman–Crippen MR) is 108 cm³/mol. The minimum Gasteiger partial charge on any atom is -0.493 e. The van der Waals surface area contributed by atoms with Crippen LogP contribution in [0.4, 0.5) is 0 Å². The van der Waals surface area contributed by atoms with Crippen LogP contribution in [0.2, 0.25) is 0 Å². The number of ether oxygens (including phenoxy) is 3. The molecular weight excluding hydrogens is 372 g/mol. The van der Waals surface area contributed by atoms with Crippen LogP contribution in [0.1, 0.15) is 28.3 Å². The van der Waals surface area contributed by atoms with E-state index < -0.39 is 12.1 Å². The average molecular weight is 398 g/mol. The third kappa shape index (κ3) is 4.68. The summed E-state index contributed by atoms with van der Waals surface area (Å²) in [5, 5.41) is 5.76. The molecule has 7 heteroatoms. The van der Waals surface area contributed by atoms with Gasteiger partial charge in [0.05, 0.1) is 20.3 Å². The fraction of sp³-hybridized carbons (Fsp3) is 0.364. The van der Waals surface area contributed by atoms with Crippen molar-refractivity contribution in [3.05, 3.63) is 58.7 Å². The number of carbonyl (C=O) groups is 2. The van der Waals surface area contributed by atoms with Gasteiger partial charge < -0.3 is 24.8 Å². The van der Waals surface area contributed by atoms with Crippen molar-refractivity contribution in [2.75, 3.05) is 20.8 Å². The molecule has 0 spiro atoms. The first-order valence-corrected chi connectivity index (χ1v) is 9.39. The van der Waals surface area contributed by atoms with E-state index >= 15 is 0 Å². The molecule has 1 saturated heterocycles. The highest BCUT2D eigenvalue weighted by Crippen LogP contribution is 2.32. The molecule has 29 heavy (non-hydrogen) atoms. The lowest BCUT2D eigenvalue weighted by Crippen LogP contribution is -2.52. The molecule has 0 aromatic heterocycles.